The number of ether oxygens (including phenoxy) is 3. The molecule has 0 fully saturated rings. The molecule has 2 amide bonds. The van der Waals surface area contributed by atoms with Crippen LogP contribution in [-0.2, 0) is 14.3 Å². The molecule has 0 unspecified atom stereocenters. The molecule has 0 aliphatic rings. The average Bonchev–Trinajstić information content (AvgIpc) is 2.71. The molecule has 1 heterocycles. The monoisotopic (exact) mass is 430 g/mol. The van der Waals surface area contributed by atoms with Crippen LogP contribution < -0.4 is 21.5 Å². The topological polar surface area (TPSA) is 181 Å². The molecule has 0 saturated carbocycles. The number of carbonyl (C=O) groups excluding carboxylic acids is 3. The van der Waals surface area contributed by atoms with Crippen LogP contribution in [0, 0.1) is 5.92 Å². The maximum atomic E-state index is 11.8. The van der Waals surface area contributed by atoms with Gasteiger partial charge in [-0.3, -0.25) is 4.79 Å². The van der Waals surface area contributed by atoms with Gasteiger partial charge >= 0.3 is 12.2 Å². The van der Waals surface area contributed by atoms with Crippen molar-refractivity contribution in [3.63, 3.8) is 0 Å². The van der Waals surface area contributed by atoms with Gasteiger partial charge < -0.3 is 31.0 Å². The molecular weight excluding hydrogens is 408 g/mol. The molecule has 2 aromatic rings. The second-order valence-corrected chi connectivity index (χ2v) is 6.48. The summed E-state index contributed by atoms with van der Waals surface area (Å²) in [5.74, 6) is -0.222. The Kier molecular flexibility index (Phi) is 8.25. The van der Waals surface area contributed by atoms with E-state index in [1.807, 2.05) is 13.8 Å². The lowest BCUT2D eigenvalue weighted by atomic mass is 10.2. The van der Waals surface area contributed by atoms with Gasteiger partial charge in [-0.1, -0.05) is 26.0 Å². The van der Waals surface area contributed by atoms with Gasteiger partial charge in [0, 0.05) is 0 Å². The molecule has 0 radical (unpaired) electrons. The highest BCUT2D eigenvalue weighted by Crippen LogP contribution is 2.30. The number of amides is 2. The summed E-state index contributed by atoms with van der Waals surface area (Å²) >= 11 is 0. The van der Waals surface area contributed by atoms with Crippen LogP contribution in [0.1, 0.15) is 13.8 Å². The van der Waals surface area contributed by atoms with Gasteiger partial charge in [-0.15, -0.1) is 10.2 Å². The number of nitrogens with zero attached hydrogens (tertiary/aromatic N) is 3. The fourth-order valence-electron chi connectivity index (χ4n) is 2.03. The molecule has 1 aromatic heterocycles. The Labute approximate surface area is 177 Å². The second-order valence-electron chi connectivity index (χ2n) is 6.48. The van der Waals surface area contributed by atoms with Gasteiger partial charge in [0.15, 0.2) is 18.2 Å². The number of nitrogens with one attached hydrogen (secondary N) is 1. The van der Waals surface area contributed by atoms with Crippen LogP contribution >= 0.6 is 0 Å². The number of anilines is 2. The first-order chi connectivity index (χ1) is 14.7. The van der Waals surface area contributed by atoms with Crippen LogP contribution in [0.3, 0.4) is 0 Å². The van der Waals surface area contributed by atoms with Crippen molar-refractivity contribution in [1.29, 1.82) is 0 Å². The Bertz CT molecular complexity index is 978. The predicted octanol–water partition coefficient (Wildman–Crippen LogP) is 3.28. The number of hydrogen-bond acceptors (Lipinski definition) is 10. The lowest BCUT2D eigenvalue weighted by molar-refractivity contribution is -0.118. The molecule has 2 rings (SSSR count). The minimum atomic E-state index is -1.07. The van der Waals surface area contributed by atoms with Crippen molar-refractivity contribution in [2.75, 3.05) is 24.3 Å². The van der Waals surface area contributed by atoms with E-state index in [0.717, 1.165) is 0 Å². The highest BCUT2D eigenvalue weighted by atomic mass is 16.7. The summed E-state index contributed by atoms with van der Waals surface area (Å²) in [6, 6.07) is 9.38. The molecular formula is C19H22N6O6. The van der Waals surface area contributed by atoms with Crippen molar-refractivity contribution in [2.45, 2.75) is 13.8 Å². The number of azo groups is 1. The third-order valence-corrected chi connectivity index (χ3v) is 3.37. The van der Waals surface area contributed by atoms with Gasteiger partial charge in [0.1, 0.15) is 17.2 Å². The van der Waals surface area contributed by atoms with Crippen molar-refractivity contribution < 1.29 is 28.6 Å². The first kappa shape index (κ1) is 23.1. The largest absolute Gasteiger partial charge is 0.513 e. The Balaban J connectivity index is 2.06. The molecule has 0 saturated heterocycles. The number of rotatable bonds is 8. The van der Waals surface area contributed by atoms with E-state index in [4.69, 9.17) is 20.9 Å². The van der Waals surface area contributed by atoms with Gasteiger partial charge in [-0.25, -0.2) is 14.6 Å². The number of para-hydroxylation sites is 1. The van der Waals surface area contributed by atoms with Gasteiger partial charge in [0.2, 0.25) is 0 Å². The van der Waals surface area contributed by atoms with Crippen LogP contribution in [0.15, 0.2) is 46.6 Å². The summed E-state index contributed by atoms with van der Waals surface area (Å²) in [5, 5.41) is 10.4. The van der Waals surface area contributed by atoms with Crippen molar-refractivity contribution in [3.8, 4) is 5.75 Å². The minimum absolute atomic E-state index is 0.0212. The first-order valence-electron chi connectivity index (χ1n) is 9.08. The summed E-state index contributed by atoms with van der Waals surface area (Å²) < 4.78 is 14.5. The summed E-state index contributed by atoms with van der Waals surface area (Å²) in [7, 11) is 0. The van der Waals surface area contributed by atoms with Crippen molar-refractivity contribution in [1.82, 2.24) is 4.98 Å². The Morgan fingerprint density at radius 1 is 1.06 bits per heavy atom. The van der Waals surface area contributed by atoms with E-state index in [1.165, 1.54) is 12.1 Å². The van der Waals surface area contributed by atoms with E-state index < -0.39 is 24.8 Å². The quantitative estimate of drug-likeness (QED) is 0.324. The van der Waals surface area contributed by atoms with Crippen LogP contribution in [0.25, 0.3) is 0 Å². The zero-order valence-corrected chi connectivity index (χ0v) is 16.9. The number of pyridine rings is 1. The van der Waals surface area contributed by atoms with Crippen molar-refractivity contribution >= 4 is 41.2 Å². The predicted molar refractivity (Wildman–Crippen MR) is 110 cm³/mol. The number of nitrogens with two attached hydrogens (primary N) is 2. The van der Waals surface area contributed by atoms with E-state index >= 15 is 0 Å². The Morgan fingerprint density at radius 2 is 1.77 bits per heavy atom. The summed E-state index contributed by atoms with van der Waals surface area (Å²) in [4.78, 5) is 37.9. The van der Waals surface area contributed by atoms with E-state index in [2.05, 4.69) is 25.3 Å². The first-order valence-corrected chi connectivity index (χ1v) is 9.08. The summed E-state index contributed by atoms with van der Waals surface area (Å²) in [5.41, 5.74) is 11.1. The number of nitrogen functional groups attached to an aromatic ring is 1. The van der Waals surface area contributed by atoms with E-state index in [0.29, 0.717) is 0 Å². The molecule has 31 heavy (non-hydrogen) atoms. The van der Waals surface area contributed by atoms with Gasteiger partial charge in [-0.05, 0) is 30.2 Å². The maximum Gasteiger partial charge on any atom is 0.513 e. The van der Waals surface area contributed by atoms with Crippen molar-refractivity contribution in [2.24, 2.45) is 21.9 Å². The lowest BCUT2D eigenvalue weighted by Crippen LogP contribution is -2.24. The normalized spacial score (nSPS) is 10.7. The number of hydrogen-bond donors (Lipinski definition) is 3. The van der Waals surface area contributed by atoms with Gasteiger partial charge in [0.05, 0.1) is 6.61 Å². The molecule has 0 bridgehead atoms. The fourth-order valence-corrected chi connectivity index (χ4v) is 2.03. The number of primary amides is 1. The van der Waals surface area contributed by atoms with Gasteiger partial charge in [0.25, 0.3) is 5.91 Å². The van der Waals surface area contributed by atoms with E-state index in [-0.39, 0.29) is 41.3 Å². The van der Waals surface area contributed by atoms with Crippen LogP contribution in [-0.4, -0.2) is 36.4 Å². The SMILES string of the molecule is CC(C)COC(=O)Oc1ccccc1/N=N/c1ccc(NC(=O)COC(N)=O)nc1N. The van der Waals surface area contributed by atoms with Crippen LogP contribution in [0.4, 0.5) is 32.6 Å². The maximum absolute atomic E-state index is 11.8. The van der Waals surface area contributed by atoms with E-state index in [1.54, 1.807) is 24.3 Å². The highest BCUT2D eigenvalue weighted by Gasteiger charge is 2.12. The second kappa shape index (κ2) is 11.1. The Morgan fingerprint density at radius 3 is 2.45 bits per heavy atom. The highest BCUT2D eigenvalue weighted by molar-refractivity contribution is 5.92. The van der Waals surface area contributed by atoms with Crippen LogP contribution in [0.2, 0.25) is 0 Å². The Hall–Kier alpha value is -4.22. The van der Waals surface area contributed by atoms with Crippen molar-refractivity contribution in [3.05, 3.63) is 36.4 Å². The third kappa shape index (κ3) is 7.97. The zero-order valence-electron chi connectivity index (χ0n) is 16.9. The molecule has 0 spiro atoms. The molecule has 5 N–H and O–H groups in total. The fraction of sp³-hybridized carbons (Fsp3) is 0.263. The molecule has 12 heteroatoms. The molecule has 0 aliphatic heterocycles. The smallest absolute Gasteiger partial charge is 0.440 e. The third-order valence-electron chi connectivity index (χ3n) is 3.37. The number of aromatic nitrogens is 1. The average molecular weight is 430 g/mol. The zero-order chi connectivity index (χ0) is 22.8. The summed E-state index contributed by atoms with van der Waals surface area (Å²) in [6.07, 6.45) is -1.92. The van der Waals surface area contributed by atoms with Crippen LogP contribution in [0.5, 0.6) is 5.75 Å². The van der Waals surface area contributed by atoms with E-state index in [9.17, 15) is 14.4 Å². The molecule has 164 valence electrons. The molecule has 12 nitrogen and oxygen atoms in total. The van der Waals surface area contributed by atoms with Gasteiger partial charge in [-0.2, -0.15) is 0 Å². The number of carbonyl (C=O) groups is 3. The minimum Gasteiger partial charge on any atom is -0.440 e. The number of benzene rings is 1. The standard InChI is InChI=1S/C19H22N6O6/c1-11(2)9-30-19(28)31-14-6-4-3-5-12(14)24-25-13-7-8-15(23-17(13)20)22-16(26)10-29-18(21)27/h3-8,11H,9-10H2,1-2H3,(H2,21,27)(H3,20,22,23,26)/b25-24+. The molecule has 0 atom stereocenters. The lowest BCUT2D eigenvalue weighted by Gasteiger charge is -2.09. The summed E-state index contributed by atoms with van der Waals surface area (Å²) in [6.45, 7) is 3.47. The molecule has 1 aromatic carbocycles. The molecule has 0 aliphatic carbocycles.